The maximum Gasteiger partial charge on any atom is 0.280 e. The van der Waals surface area contributed by atoms with Crippen molar-refractivity contribution in [2.75, 3.05) is 0 Å². The summed E-state index contributed by atoms with van der Waals surface area (Å²) in [5.41, 5.74) is 3.17. The van der Waals surface area contributed by atoms with Crippen LogP contribution in [-0.4, -0.2) is 17.7 Å². The Morgan fingerprint density at radius 1 is 1.41 bits per heavy atom. The fraction of sp³-hybridized carbons (Fsp3) is 0.333. The fourth-order valence-electron chi connectivity index (χ4n) is 1.04. The zero-order chi connectivity index (χ0) is 12.8. The summed E-state index contributed by atoms with van der Waals surface area (Å²) in [4.78, 5) is 11.6. The van der Waals surface area contributed by atoms with E-state index in [1.54, 1.807) is 45.0 Å². The second-order valence-electron chi connectivity index (χ2n) is 3.73. The molecule has 0 unspecified atom stereocenters. The van der Waals surface area contributed by atoms with Crippen LogP contribution in [0.15, 0.2) is 29.4 Å². The molecule has 0 aliphatic rings. The Bertz CT molecular complexity index is 428. The van der Waals surface area contributed by atoms with Gasteiger partial charge in [0.15, 0.2) is 6.10 Å². The average molecular weight is 255 g/mol. The average Bonchev–Trinajstić information content (AvgIpc) is 2.28. The minimum Gasteiger partial charge on any atom is -0.479 e. The van der Waals surface area contributed by atoms with Gasteiger partial charge in [-0.15, -0.1) is 0 Å². The first-order chi connectivity index (χ1) is 8.00. The smallest absolute Gasteiger partial charge is 0.280 e. The molecule has 0 aliphatic carbocycles. The van der Waals surface area contributed by atoms with E-state index in [-0.39, 0.29) is 5.91 Å². The van der Waals surface area contributed by atoms with Gasteiger partial charge in [0.05, 0.1) is 5.02 Å². The minimum absolute atomic E-state index is 0.314. The SMILES string of the molecule is CC(C)=NNC(=O)[C@H](C)Oc1ccccc1Cl. The van der Waals surface area contributed by atoms with Crippen molar-refractivity contribution in [1.29, 1.82) is 0 Å². The monoisotopic (exact) mass is 254 g/mol. The van der Waals surface area contributed by atoms with Gasteiger partial charge in [-0.25, -0.2) is 5.43 Å². The van der Waals surface area contributed by atoms with Crippen LogP contribution in [0.1, 0.15) is 20.8 Å². The number of para-hydroxylation sites is 1. The van der Waals surface area contributed by atoms with Crippen LogP contribution in [0.2, 0.25) is 5.02 Å². The van der Waals surface area contributed by atoms with Crippen molar-refractivity contribution >= 4 is 23.2 Å². The van der Waals surface area contributed by atoms with Crippen LogP contribution in [0.4, 0.5) is 0 Å². The van der Waals surface area contributed by atoms with Gasteiger partial charge in [-0.2, -0.15) is 5.10 Å². The number of nitrogens with zero attached hydrogens (tertiary/aromatic N) is 1. The molecule has 0 heterocycles. The van der Waals surface area contributed by atoms with Crippen molar-refractivity contribution < 1.29 is 9.53 Å². The number of amides is 1. The quantitative estimate of drug-likeness (QED) is 0.663. The Labute approximate surface area is 106 Å². The number of ether oxygens (including phenoxy) is 1. The van der Waals surface area contributed by atoms with Gasteiger partial charge in [-0.05, 0) is 32.9 Å². The van der Waals surface area contributed by atoms with Gasteiger partial charge in [-0.3, -0.25) is 4.79 Å². The van der Waals surface area contributed by atoms with Gasteiger partial charge in [0.2, 0.25) is 0 Å². The van der Waals surface area contributed by atoms with Crippen LogP contribution in [0, 0.1) is 0 Å². The standard InChI is InChI=1S/C12H15ClN2O2/c1-8(2)14-15-12(16)9(3)17-11-7-5-4-6-10(11)13/h4-7,9H,1-3H3,(H,15,16)/t9-/m0/s1. The first kappa shape index (κ1) is 13.5. The van der Waals surface area contributed by atoms with Gasteiger partial charge in [0.25, 0.3) is 5.91 Å². The molecule has 0 fully saturated rings. The van der Waals surface area contributed by atoms with E-state index in [2.05, 4.69) is 10.5 Å². The maximum atomic E-state index is 11.6. The van der Waals surface area contributed by atoms with Gasteiger partial charge < -0.3 is 4.74 Å². The molecule has 1 N–H and O–H groups in total. The summed E-state index contributed by atoms with van der Waals surface area (Å²) in [7, 11) is 0. The Kier molecular flexibility index (Phi) is 4.97. The van der Waals surface area contributed by atoms with Crippen molar-refractivity contribution in [2.45, 2.75) is 26.9 Å². The molecule has 4 nitrogen and oxygen atoms in total. The molecular formula is C12H15ClN2O2. The van der Waals surface area contributed by atoms with E-state index in [9.17, 15) is 4.79 Å². The van der Waals surface area contributed by atoms with Crippen LogP contribution < -0.4 is 10.2 Å². The summed E-state index contributed by atoms with van der Waals surface area (Å²) < 4.78 is 5.43. The normalized spacial score (nSPS) is 11.5. The van der Waals surface area contributed by atoms with E-state index in [1.807, 2.05) is 0 Å². The lowest BCUT2D eigenvalue weighted by Crippen LogP contribution is -2.33. The summed E-state index contributed by atoms with van der Waals surface area (Å²) in [6.45, 7) is 5.22. The predicted molar refractivity (Wildman–Crippen MR) is 68.5 cm³/mol. The summed E-state index contributed by atoms with van der Waals surface area (Å²) in [6.07, 6.45) is -0.655. The second-order valence-corrected chi connectivity index (χ2v) is 4.13. The third-order valence-corrected chi connectivity index (χ3v) is 2.21. The molecule has 0 aliphatic heterocycles. The molecule has 0 saturated heterocycles. The van der Waals surface area contributed by atoms with Gasteiger partial charge >= 0.3 is 0 Å². The number of benzene rings is 1. The Hall–Kier alpha value is -1.55. The van der Waals surface area contributed by atoms with E-state index in [0.29, 0.717) is 10.8 Å². The molecule has 17 heavy (non-hydrogen) atoms. The zero-order valence-electron chi connectivity index (χ0n) is 10.0. The summed E-state index contributed by atoms with van der Waals surface area (Å²) in [6, 6.07) is 7.00. The van der Waals surface area contributed by atoms with Gasteiger partial charge in [-0.1, -0.05) is 23.7 Å². The number of hydrogen-bond acceptors (Lipinski definition) is 3. The Morgan fingerprint density at radius 3 is 2.65 bits per heavy atom. The van der Waals surface area contributed by atoms with Crippen LogP contribution in [0.3, 0.4) is 0 Å². The van der Waals surface area contributed by atoms with Crippen LogP contribution >= 0.6 is 11.6 Å². The van der Waals surface area contributed by atoms with Crippen LogP contribution in [0.25, 0.3) is 0 Å². The lowest BCUT2D eigenvalue weighted by molar-refractivity contribution is -0.127. The third-order valence-electron chi connectivity index (χ3n) is 1.90. The highest BCUT2D eigenvalue weighted by Gasteiger charge is 2.15. The summed E-state index contributed by atoms with van der Waals surface area (Å²) in [5.74, 6) is 0.167. The number of halogens is 1. The molecule has 0 aromatic heterocycles. The number of hydrogen-bond donors (Lipinski definition) is 1. The highest BCUT2D eigenvalue weighted by molar-refractivity contribution is 6.32. The van der Waals surface area contributed by atoms with Crippen molar-refractivity contribution in [3.63, 3.8) is 0 Å². The number of carbonyl (C=O) groups excluding carboxylic acids is 1. The zero-order valence-corrected chi connectivity index (χ0v) is 10.8. The highest BCUT2D eigenvalue weighted by Crippen LogP contribution is 2.24. The van der Waals surface area contributed by atoms with E-state index in [0.717, 1.165) is 5.71 Å². The molecule has 1 aromatic carbocycles. The lowest BCUT2D eigenvalue weighted by Gasteiger charge is -2.13. The molecule has 1 amide bonds. The minimum atomic E-state index is -0.655. The maximum absolute atomic E-state index is 11.6. The molecule has 0 bridgehead atoms. The Balaban J connectivity index is 2.60. The molecular weight excluding hydrogens is 240 g/mol. The van der Waals surface area contributed by atoms with Crippen LogP contribution in [-0.2, 0) is 4.79 Å². The van der Waals surface area contributed by atoms with E-state index >= 15 is 0 Å². The van der Waals surface area contributed by atoms with E-state index < -0.39 is 6.10 Å². The van der Waals surface area contributed by atoms with E-state index in [4.69, 9.17) is 16.3 Å². The predicted octanol–water partition coefficient (Wildman–Crippen LogP) is 2.62. The largest absolute Gasteiger partial charge is 0.479 e. The van der Waals surface area contributed by atoms with E-state index in [1.165, 1.54) is 0 Å². The van der Waals surface area contributed by atoms with Crippen molar-refractivity contribution in [1.82, 2.24) is 5.43 Å². The topological polar surface area (TPSA) is 50.7 Å². The number of carbonyl (C=O) groups is 1. The fourth-order valence-corrected chi connectivity index (χ4v) is 1.22. The summed E-state index contributed by atoms with van der Waals surface area (Å²) in [5, 5.41) is 4.29. The van der Waals surface area contributed by atoms with Crippen molar-refractivity contribution in [3.05, 3.63) is 29.3 Å². The third kappa shape index (κ3) is 4.44. The van der Waals surface area contributed by atoms with Crippen molar-refractivity contribution in [3.8, 4) is 5.75 Å². The van der Waals surface area contributed by atoms with Crippen molar-refractivity contribution in [2.24, 2.45) is 5.10 Å². The first-order valence-corrected chi connectivity index (χ1v) is 5.60. The molecule has 1 aromatic rings. The molecule has 1 rings (SSSR count). The Morgan fingerprint density at radius 2 is 2.06 bits per heavy atom. The molecule has 0 radical (unpaired) electrons. The van der Waals surface area contributed by atoms with Gasteiger partial charge in [0.1, 0.15) is 5.75 Å². The molecule has 1 atom stereocenters. The summed E-state index contributed by atoms with van der Waals surface area (Å²) >= 11 is 5.92. The number of rotatable bonds is 4. The highest BCUT2D eigenvalue weighted by atomic mass is 35.5. The van der Waals surface area contributed by atoms with Crippen LogP contribution in [0.5, 0.6) is 5.75 Å². The molecule has 92 valence electrons. The van der Waals surface area contributed by atoms with Gasteiger partial charge in [0, 0.05) is 5.71 Å². The molecule has 5 heteroatoms. The second kappa shape index (κ2) is 6.25. The lowest BCUT2D eigenvalue weighted by atomic mass is 10.3. The molecule has 0 saturated carbocycles. The number of nitrogens with one attached hydrogen (secondary N) is 1. The number of hydrazone groups is 1. The molecule has 0 spiro atoms. The first-order valence-electron chi connectivity index (χ1n) is 5.22.